The summed E-state index contributed by atoms with van der Waals surface area (Å²) in [5.74, 6) is 0. The average Bonchev–Trinajstić information content (AvgIpc) is 1.65. The van der Waals surface area contributed by atoms with Gasteiger partial charge in [-0.1, -0.05) is 0 Å². The number of ether oxygens (including phenoxy) is 1. The highest BCUT2D eigenvalue weighted by atomic mass is 16.5. The van der Waals surface area contributed by atoms with Gasteiger partial charge in [0.1, 0.15) is 14.1 Å². The summed E-state index contributed by atoms with van der Waals surface area (Å²) in [7, 11) is 6.26. The molecular weight excluding hydrogens is 78.8 g/mol. The minimum absolute atomic E-state index is 0.528. The monoisotopic (exact) mass is 84.0 g/mol. The molecule has 1 unspecified atom stereocenters. The lowest BCUT2D eigenvalue weighted by Crippen LogP contribution is -2.10. The molecule has 0 saturated heterocycles. The van der Waals surface area contributed by atoms with E-state index >= 15 is 0 Å². The lowest BCUT2D eigenvalue weighted by molar-refractivity contribution is -0.112. The molecule has 0 aromatic carbocycles. The minimum atomic E-state index is -0.745. The molecular formula is C3H5BO2. The molecule has 2 nitrogen and oxygen atoms in total. The Morgan fingerprint density at radius 2 is 2.50 bits per heavy atom. The minimum Gasteiger partial charge on any atom is -0.384 e. The van der Waals surface area contributed by atoms with Gasteiger partial charge in [0.2, 0.25) is 0 Å². The van der Waals surface area contributed by atoms with Crippen molar-refractivity contribution in [3.05, 3.63) is 0 Å². The first-order valence-corrected chi connectivity index (χ1v) is 1.55. The zero-order chi connectivity index (χ0) is 4.99. The third-order valence-electron chi connectivity index (χ3n) is 0.406. The summed E-state index contributed by atoms with van der Waals surface area (Å²) in [5, 5.41) is 0. The fourth-order valence-electron chi connectivity index (χ4n) is 0.0556. The van der Waals surface area contributed by atoms with Crippen LogP contribution in [0.3, 0.4) is 0 Å². The first kappa shape index (κ1) is 5.69. The van der Waals surface area contributed by atoms with Gasteiger partial charge in [-0.15, -0.1) is 0 Å². The Morgan fingerprint density at radius 1 is 2.00 bits per heavy atom. The molecule has 0 spiro atoms. The number of hydrogen-bond donors (Lipinski definition) is 0. The Labute approximate surface area is 37.9 Å². The van der Waals surface area contributed by atoms with E-state index in [1.165, 1.54) is 7.11 Å². The Balaban J connectivity index is 2.96. The van der Waals surface area contributed by atoms with Gasteiger partial charge in [0.25, 0.3) is 0 Å². The molecule has 32 valence electrons. The lowest BCUT2D eigenvalue weighted by Gasteiger charge is -1.94. The van der Waals surface area contributed by atoms with Crippen LogP contribution in [0.1, 0.15) is 0 Å². The average molecular weight is 83.9 g/mol. The van der Waals surface area contributed by atoms with Crippen LogP contribution in [0.15, 0.2) is 0 Å². The number of rotatable bonds is 2. The van der Waals surface area contributed by atoms with E-state index in [1.54, 1.807) is 0 Å². The fourth-order valence-corrected chi connectivity index (χ4v) is 0.0556. The second-order valence-electron chi connectivity index (χ2n) is 0.836. The third kappa shape index (κ3) is 1.97. The van der Waals surface area contributed by atoms with E-state index in [9.17, 15) is 4.79 Å². The third-order valence-corrected chi connectivity index (χ3v) is 0.406. The topological polar surface area (TPSA) is 26.3 Å². The number of carbonyl (C=O) groups is 1. The van der Waals surface area contributed by atoms with Gasteiger partial charge in [0, 0.05) is 7.11 Å². The summed E-state index contributed by atoms with van der Waals surface area (Å²) >= 11 is 0. The molecule has 0 saturated carbocycles. The highest BCUT2D eigenvalue weighted by Crippen LogP contribution is 1.69. The first-order valence-electron chi connectivity index (χ1n) is 1.55. The molecule has 0 aliphatic rings. The molecule has 0 aromatic heterocycles. The van der Waals surface area contributed by atoms with Crippen LogP contribution >= 0.6 is 0 Å². The molecule has 0 aromatic rings. The van der Waals surface area contributed by atoms with Gasteiger partial charge >= 0.3 is 0 Å². The molecule has 0 amide bonds. The van der Waals surface area contributed by atoms with E-state index < -0.39 is 6.00 Å². The maximum absolute atomic E-state index is 9.49. The summed E-state index contributed by atoms with van der Waals surface area (Å²) in [4.78, 5) is 9.49. The van der Waals surface area contributed by atoms with E-state index in [4.69, 9.17) is 7.85 Å². The van der Waals surface area contributed by atoms with Gasteiger partial charge in [-0.3, -0.25) is 0 Å². The second-order valence-corrected chi connectivity index (χ2v) is 0.836. The number of methoxy groups -OCH3 is 1. The predicted molar refractivity (Wildman–Crippen MR) is 22.6 cm³/mol. The largest absolute Gasteiger partial charge is 0.384 e. The lowest BCUT2D eigenvalue weighted by atomic mass is 10.0. The van der Waals surface area contributed by atoms with Crippen molar-refractivity contribution in [3.63, 3.8) is 0 Å². The van der Waals surface area contributed by atoms with Crippen molar-refractivity contribution in [1.29, 1.82) is 0 Å². The summed E-state index contributed by atoms with van der Waals surface area (Å²) < 4.78 is 4.31. The second kappa shape index (κ2) is 2.91. The summed E-state index contributed by atoms with van der Waals surface area (Å²) in [6.45, 7) is 0. The Hall–Kier alpha value is -0.305. The highest BCUT2D eigenvalue weighted by molar-refractivity contribution is 6.18. The van der Waals surface area contributed by atoms with Crippen LogP contribution in [-0.4, -0.2) is 27.2 Å². The Morgan fingerprint density at radius 3 is 2.50 bits per heavy atom. The molecule has 0 N–H and O–H groups in total. The fraction of sp³-hybridized carbons (Fsp3) is 0.667. The molecule has 3 heteroatoms. The van der Waals surface area contributed by atoms with Gasteiger partial charge in [0.15, 0.2) is 0 Å². The van der Waals surface area contributed by atoms with Crippen LogP contribution in [-0.2, 0) is 9.53 Å². The summed E-state index contributed by atoms with van der Waals surface area (Å²) in [5.41, 5.74) is 0. The number of carbonyl (C=O) groups excluding carboxylic acids is 1. The quantitative estimate of drug-likeness (QED) is 0.327. The normalized spacial score (nSPS) is 13.5. The van der Waals surface area contributed by atoms with Gasteiger partial charge in [-0.25, -0.2) is 0 Å². The van der Waals surface area contributed by atoms with Crippen LogP contribution in [0.25, 0.3) is 0 Å². The molecule has 6 heavy (non-hydrogen) atoms. The smallest absolute Gasteiger partial charge is 0.139 e. The molecule has 0 rings (SSSR count). The zero-order valence-electron chi connectivity index (χ0n) is 3.55. The van der Waals surface area contributed by atoms with Gasteiger partial charge in [-0.05, 0) is 0 Å². The molecule has 0 fully saturated rings. The van der Waals surface area contributed by atoms with E-state index in [1.807, 2.05) is 0 Å². The number of aldehydes is 1. The molecule has 0 aliphatic carbocycles. The molecule has 2 radical (unpaired) electrons. The van der Waals surface area contributed by atoms with Crippen LogP contribution in [0, 0.1) is 0 Å². The van der Waals surface area contributed by atoms with Gasteiger partial charge in [-0.2, -0.15) is 0 Å². The molecule has 0 bridgehead atoms. The first-order chi connectivity index (χ1) is 2.81. The van der Waals surface area contributed by atoms with Crippen molar-refractivity contribution in [2.24, 2.45) is 0 Å². The van der Waals surface area contributed by atoms with E-state index in [0.717, 1.165) is 0 Å². The Bertz CT molecular complexity index is 46.1. The van der Waals surface area contributed by atoms with Crippen LogP contribution in [0.4, 0.5) is 0 Å². The SMILES string of the molecule is [B]C(C=O)OC. The van der Waals surface area contributed by atoms with Crippen molar-refractivity contribution >= 4 is 14.1 Å². The van der Waals surface area contributed by atoms with Gasteiger partial charge in [0.05, 0.1) is 6.00 Å². The van der Waals surface area contributed by atoms with Crippen molar-refractivity contribution < 1.29 is 9.53 Å². The number of hydrogen-bond acceptors (Lipinski definition) is 2. The van der Waals surface area contributed by atoms with E-state index in [-0.39, 0.29) is 0 Å². The zero-order valence-corrected chi connectivity index (χ0v) is 3.55. The van der Waals surface area contributed by atoms with Crippen LogP contribution in [0.5, 0.6) is 0 Å². The highest BCUT2D eigenvalue weighted by Gasteiger charge is 1.88. The molecule has 0 heterocycles. The summed E-state index contributed by atoms with van der Waals surface area (Å²) in [6.07, 6.45) is 0.528. The standard InChI is InChI=1S/C3H5BO2/c1-6-3(4)2-5/h2-3H,1H3. The van der Waals surface area contributed by atoms with Crippen molar-refractivity contribution in [2.75, 3.05) is 7.11 Å². The predicted octanol–water partition coefficient (Wildman–Crippen LogP) is -0.674. The maximum Gasteiger partial charge on any atom is 0.139 e. The van der Waals surface area contributed by atoms with Crippen LogP contribution in [0.2, 0.25) is 0 Å². The maximum atomic E-state index is 9.49. The Kier molecular flexibility index (Phi) is 2.76. The van der Waals surface area contributed by atoms with Crippen LogP contribution < -0.4 is 0 Å². The van der Waals surface area contributed by atoms with Crippen molar-refractivity contribution in [2.45, 2.75) is 6.00 Å². The van der Waals surface area contributed by atoms with Crippen molar-refractivity contribution in [1.82, 2.24) is 0 Å². The van der Waals surface area contributed by atoms with Crippen molar-refractivity contribution in [3.8, 4) is 0 Å². The van der Waals surface area contributed by atoms with E-state index in [2.05, 4.69) is 4.74 Å². The van der Waals surface area contributed by atoms with E-state index in [0.29, 0.717) is 6.29 Å². The van der Waals surface area contributed by atoms with Gasteiger partial charge < -0.3 is 9.53 Å². The molecule has 1 atom stereocenters. The molecule has 0 aliphatic heterocycles. The summed E-state index contributed by atoms with van der Waals surface area (Å²) in [6, 6.07) is -0.745.